The zero-order chi connectivity index (χ0) is 12.7. The molecule has 0 bridgehead atoms. The van der Waals surface area contributed by atoms with E-state index in [0.29, 0.717) is 13.2 Å². The molecule has 7 heteroatoms. The number of carbonyl (C=O) groups is 1. The van der Waals surface area contributed by atoms with Gasteiger partial charge < -0.3 is 14.8 Å². The van der Waals surface area contributed by atoms with Crippen molar-refractivity contribution in [3.63, 3.8) is 0 Å². The highest BCUT2D eigenvalue weighted by Gasteiger charge is 2.11. The minimum absolute atomic E-state index is 0.191. The van der Waals surface area contributed by atoms with Gasteiger partial charge in [0, 0.05) is 20.8 Å². The Bertz CT molecular complexity index is 358. The average Bonchev–Trinajstić information content (AvgIpc) is 2.35. The van der Waals surface area contributed by atoms with Crippen molar-refractivity contribution in [1.29, 1.82) is 0 Å². The third-order valence-electron chi connectivity index (χ3n) is 2.03. The van der Waals surface area contributed by atoms with Crippen molar-refractivity contribution in [1.82, 2.24) is 15.3 Å². The van der Waals surface area contributed by atoms with E-state index in [1.807, 2.05) is 0 Å². The maximum atomic E-state index is 11.6. The normalized spacial score (nSPS) is 12.2. The third-order valence-corrected chi connectivity index (χ3v) is 2.22. The fourth-order valence-electron chi connectivity index (χ4n) is 1.12. The monoisotopic (exact) mass is 259 g/mol. The highest BCUT2D eigenvalue weighted by Crippen LogP contribution is 2.01. The van der Waals surface area contributed by atoms with E-state index < -0.39 is 0 Å². The largest absolute Gasteiger partial charge is 0.382 e. The van der Waals surface area contributed by atoms with Crippen LogP contribution >= 0.6 is 11.6 Å². The molecule has 1 N–H and O–H groups in total. The first-order chi connectivity index (χ1) is 8.17. The molecule has 0 fully saturated rings. The number of carbonyl (C=O) groups excluding carboxylic acids is 1. The number of hydrogen-bond acceptors (Lipinski definition) is 5. The third kappa shape index (κ3) is 4.64. The second-order valence-corrected chi connectivity index (χ2v) is 3.63. The number of halogens is 1. The molecule has 0 aromatic carbocycles. The van der Waals surface area contributed by atoms with Gasteiger partial charge in [0.25, 0.3) is 5.91 Å². The van der Waals surface area contributed by atoms with Gasteiger partial charge in [-0.3, -0.25) is 4.79 Å². The van der Waals surface area contributed by atoms with E-state index in [-0.39, 0.29) is 22.9 Å². The highest BCUT2D eigenvalue weighted by molar-refractivity contribution is 6.29. The van der Waals surface area contributed by atoms with Gasteiger partial charge in [0.1, 0.15) is 10.8 Å². The zero-order valence-electron chi connectivity index (χ0n) is 9.64. The summed E-state index contributed by atoms with van der Waals surface area (Å²) in [5.74, 6) is -0.327. The molecule has 1 heterocycles. The van der Waals surface area contributed by atoms with Crippen LogP contribution < -0.4 is 5.32 Å². The van der Waals surface area contributed by atoms with E-state index in [4.69, 9.17) is 21.1 Å². The molecule has 6 nitrogen and oxygen atoms in total. The summed E-state index contributed by atoms with van der Waals surface area (Å²) in [4.78, 5) is 19.2. The number of nitrogens with zero attached hydrogens (tertiary/aromatic N) is 2. The van der Waals surface area contributed by atoms with Crippen LogP contribution in [0.15, 0.2) is 12.4 Å². The Kier molecular flexibility index (Phi) is 5.82. The number of rotatable bonds is 6. The van der Waals surface area contributed by atoms with Crippen LogP contribution in [0.3, 0.4) is 0 Å². The maximum absolute atomic E-state index is 11.6. The highest BCUT2D eigenvalue weighted by atomic mass is 35.5. The van der Waals surface area contributed by atoms with Gasteiger partial charge in [0.05, 0.1) is 25.1 Å². The Morgan fingerprint density at radius 3 is 2.76 bits per heavy atom. The average molecular weight is 260 g/mol. The minimum Gasteiger partial charge on any atom is -0.382 e. The van der Waals surface area contributed by atoms with Crippen molar-refractivity contribution >= 4 is 17.5 Å². The van der Waals surface area contributed by atoms with Crippen LogP contribution in [0, 0.1) is 0 Å². The van der Waals surface area contributed by atoms with Crippen molar-refractivity contribution in [3.05, 3.63) is 23.2 Å². The summed E-state index contributed by atoms with van der Waals surface area (Å²) in [5, 5.41) is 2.91. The standard InChI is InChI=1S/C10H14ClN3O3/c1-16-6-7(17-2)3-14-10(15)8-4-13-9(11)5-12-8/h4-5,7H,3,6H2,1-2H3,(H,14,15). The lowest BCUT2D eigenvalue weighted by atomic mass is 10.3. The van der Waals surface area contributed by atoms with Crippen molar-refractivity contribution in [2.75, 3.05) is 27.4 Å². The molecule has 0 saturated heterocycles. The molecule has 0 spiro atoms. The molecule has 1 unspecified atom stereocenters. The van der Waals surface area contributed by atoms with Crippen LogP contribution in [0.1, 0.15) is 10.5 Å². The van der Waals surface area contributed by atoms with Gasteiger partial charge in [-0.25, -0.2) is 9.97 Å². The second kappa shape index (κ2) is 7.16. The van der Waals surface area contributed by atoms with E-state index >= 15 is 0 Å². The van der Waals surface area contributed by atoms with Crippen molar-refractivity contribution in [3.8, 4) is 0 Å². The van der Waals surface area contributed by atoms with Crippen LogP contribution in [0.25, 0.3) is 0 Å². The lowest BCUT2D eigenvalue weighted by Gasteiger charge is -2.14. The number of methoxy groups -OCH3 is 2. The van der Waals surface area contributed by atoms with E-state index in [1.54, 1.807) is 14.2 Å². The van der Waals surface area contributed by atoms with Gasteiger partial charge >= 0.3 is 0 Å². The Balaban J connectivity index is 2.46. The van der Waals surface area contributed by atoms with Crippen molar-refractivity contribution < 1.29 is 14.3 Å². The second-order valence-electron chi connectivity index (χ2n) is 3.25. The lowest BCUT2D eigenvalue weighted by molar-refractivity contribution is 0.0285. The fraction of sp³-hybridized carbons (Fsp3) is 0.500. The molecule has 17 heavy (non-hydrogen) atoms. The summed E-state index contributed by atoms with van der Waals surface area (Å²) in [7, 11) is 3.12. The van der Waals surface area contributed by atoms with E-state index in [1.165, 1.54) is 12.4 Å². The summed E-state index contributed by atoms with van der Waals surface area (Å²) in [5.41, 5.74) is 0.210. The summed E-state index contributed by atoms with van der Waals surface area (Å²) >= 11 is 5.57. The van der Waals surface area contributed by atoms with Gasteiger partial charge in [-0.2, -0.15) is 0 Å². The summed E-state index contributed by atoms with van der Waals surface area (Å²) in [6.07, 6.45) is 2.44. The van der Waals surface area contributed by atoms with Crippen LogP contribution in [-0.4, -0.2) is 49.4 Å². The lowest BCUT2D eigenvalue weighted by Crippen LogP contribution is -2.36. The molecule has 0 aliphatic rings. The van der Waals surface area contributed by atoms with Gasteiger partial charge in [-0.15, -0.1) is 0 Å². The van der Waals surface area contributed by atoms with Crippen LogP contribution in [-0.2, 0) is 9.47 Å². The zero-order valence-corrected chi connectivity index (χ0v) is 10.4. The van der Waals surface area contributed by atoms with E-state index in [9.17, 15) is 4.79 Å². The molecular weight excluding hydrogens is 246 g/mol. The molecule has 1 rings (SSSR count). The maximum Gasteiger partial charge on any atom is 0.271 e. The number of hydrogen-bond donors (Lipinski definition) is 1. The molecule has 0 aliphatic carbocycles. The molecular formula is C10H14ClN3O3. The minimum atomic E-state index is -0.327. The molecule has 0 aliphatic heterocycles. The van der Waals surface area contributed by atoms with Gasteiger partial charge in [0.15, 0.2) is 0 Å². The molecule has 0 saturated carbocycles. The Hall–Kier alpha value is -1.24. The van der Waals surface area contributed by atoms with E-state index in [0.717, 1.165) is 0 Å². The smallest absolute Gasteiger partial charge is 0.271 e. The predicted octanol–water partition coefficient (Wildman–Crippen LogP) is 0.521. The van der Waals surface area contributed by atoms with Crippen molar-refractivity contribution in [2.45, 2.75) is 6.10 Å². The van der Waals surface area contributed by atoms with E-state index in [2.05, 4.69) is 15.3 Å². The first-order valence-electron chi connectivity index (χ1n) is 4.94. The van der Waals surface area contributed by atoms with Crippen LogP contribution in [0.2, 0.25) is 5.15 Å². The molecule has 1 aromatic rings. The summed E-state index contributed by atoms with van der Waals surface area (Å²) in [6, 6.07) is 0. The number of ether oxygens (including phenoxy) is 2. The predicted molar refractivity (Wildman–Crippen MR) is 62.0 cm³/mol. The van der Waals surface area contributed by atoms with Gasteiger partial charge in [-0.1, -0.05) is 11.6 Å². The first kappa shape index (κ1) is 13.8. The van der Waals surface area contributed by atoms with Gasteiger partial charge in [-0.05, 0) is 0 Å². The molecule has 1 amide bonds. The van der Waals surface area contributed by atoms with Crippen LogP contribution in [0.4, 0.5) is 0 Å². The number of nitrogens with one attached hydrogen (secondary N) is 1. The molecule has 1 aromatic heterocycles. The fourth-order valence-corrected chi connectivity index (χ4v) is 1.22. The Morgan fingerprint density at radius 1 is 1.47 bits per heavy atom. The topological polar surface area (TPSA) is 73.3 Å². The first-order valence-corrected chi connectivity index (χ1v) is 5.32. The Labute approximate surface area is 104 Å². The summed E-state index contributed by atoms with van der Waals surface area (Å²) < 4.78 is 10.0. The molecule has 94 valence electrons. The Morgan fingerprint density at radius 2 is 2.24 bits per heavy atom. The van der Waals surface area contributed by atoms with Gasteiger partial charge in [0.2, 0.25) is 0 Å². The molecule has 0 radical (unpaired) electrons. The number of amides is 1. The molecule has 1 atom stereocenters. The quantitative estimate of drug-likeness (QED) is 0.806. The number of aromatic nitrogens is 2. The van der Waals surface area contributed by atoms with Crippen molar-refractivity contribution in [2.24, 2.45) is 0 Å². The van der Waals surface area contributed by atoms with Crippen LogP contribution in [0.5, 0.6) is 0 Å². The SMILES string of the molecule is COCC(CNC(=O)c1cnc(Cl)cn1)OC. The summed E-state index contributed by atoms with van der Waals surface area (Å²) in [6.45, 7) is 0.747.